The standard InChI is InChI=1S/C16H12F3N3O2/c1-9-5-10(3-4-13(9)24-2)12-7-14(16(17,18)19)22-15(20-12)6-11(8-23)21-22/h3-8H,1-2H3. The molecule has 0 amide bonds. The average molecular weight is 335 g/mol. The molecule has 3 aromatic rings. The van der Waals surface area contributed by atoms with Gasteiger partial charge in [0.05, 0.1) is 12.8 Å². The highest BCUT2D eigenvalue weighted by molar-refractivity contribution is 5.75. The van der Waals surface area contributed by atoms with Crippen LogP contribution in [0.2, 0.25) is 0 Å². The lowest BCUT2D eigenvalue weighted by atomic mass is 10.1. The van der Waals surface area contributed by atoms with Crippen LogP contribution < -0.4 is 4.74 Å². The fourth-order valence-electron chi connectivity index (χ4n) is 2.44. The summed E-state index contributed by atoms with van der Waals surface area (Å²) in [7, 11) is 1.52. The first-order chi connectivity index (χ1) is 11.3. The first-order valence-corrected chi connectivity index (χ1v) is 6.91. The van der Waals surface area contributed by atoms with Crippen LogP contribution in [0.25, 0.3) is 16.9 Å². The summed E-state index contributed by atoms with van der Waals surface area (Å²) in [5, 5.41) is 3.62. The topological polar surface area (TPSA) is 56.5 Å². The number of rotatable bonds is 3. The molecule has 0 bridgehead atoms. The number of carbonyl (C=O) groups excluding carboxylic acids is 1. The van der Waals surface area contributed by atoms with E-state index in [0.717, 1.165) is 11.6 Å². The van der Waals surface area contributed by atoms with Gasteiger partial charge in [0.25, 0.3) is 0 Å². The molecule has 0 aliphatic carbocycles. The number of nitrogens with zero attached hydrogens (tertiary/aromatic N) is 3. The van der Waals surface area contributed by atoms with Crippen LogP contribution in [-0.2, 0) is 6.18 Å². The minimum absolute atomic E-state index is 0.0459. The largest absolute Gasteiger partial charge is 0.496 e. The Hall–Kier alpha value is -2.90. The molecule has 2 aromatic heterocycles. The fraction of sp³-hybridized carbons (Fsp3) is 0.188. The second-order valence-corrected chi connectivity index (χ2v) is 5.17. The van der Waals surface area contributed by atoms with Crippen molar-refractivity contribution in [3.63, 3.8) is 0 Å². The minimum atomic E-state index is -4.64. The molecule has 0 N–H and O–H groups in total. The van der Waals surface area contributed by atoms with Crippen LogP contribution in [-0.4, -0.2) is 28.0 Å². The highest BCUT2D eigenvalue weighted by Gasteiger charge is 2.35. The maximum Gasteiger partial charge on any atom is 0.433 e. The molecule has 0 unspecified atom stereocenters. The maximum absolute atomic E-state index is 13.3. The molecule has 124 valence electrons. The highest BCUT2D eigenvalue weighted by atomic mass is 19.4. The predicted molar refractivity (Wildman–Crippen MR) is 80.1 cm³/mol. The van der Waals surface area contributed by atoms with Gasteiger partial charge < -0.3 is 4.74 Å². The Morgan fingerprint density at radius 3 is 2.54 bits per heavy atom. The van der Waals surface area contributed by atoms with Gasteiger partial charge in [0.1, 0.15) is 11.4 Å². The van der Waals surface area contributed by atoms with Gasteiger partial charge in [0.2, 0.25) is 0 Å². The summed E-state index contributed by atoms with van der Waals surface area (Å²) in [4.78, 5) is 15.0. The number of fused-ring (bicyclic) bond motifs is 1. The van der Waals surface area contributed by atoms with Crippen molar-refractivity contribution in [3.05, 3.63) is 47.3 Å². The maximum atomic E-state index is 13.3. The fourth-order valence-corrected chi connectivity index (χ4v) is 2.44. The third kappa shape index (κ3) is 2.70. The quantitative estimate of drug-likeness (QED) is 0.687. The van der Waals surface area contributed by atoms with Crippen LogP contribution in [0.4, 0.5) is 13.2 Å². The number of benzene rings is 1. The Bertz CT molecular complexity index is 932. The molecule has 1 aromatic carbocycles. The van der Waals surface area contributed by atoms with Crippen LogP contribution in [0, 0.1) is 6.92 Å². The van der Waals surface area contributed by atoms with E-state index in [2.05, 4.69) is 10.1 Å². The lowest BCUT2D eigenvalue weighted by Gasteiger charge is -2.12. The Morgan fingerprint density at radius 2 is 1.96 bits per heavy atom. The molecular weight excluding hydrogens is 323 g/mol. The van der Waals surface area contributed by atoms with Gasteiger partial charge in [-0.25, -0.2) is 9.50 Å². The molecule has 0 aliphatic rings. The van der Waals surface area contributed by atoms with Crippen molar-refractivity contribution in [2.45, 2.75) is 13.1 Å². The van der Waals surface area contributed by atoms with E-state index in [-0.39, 0.29) is 17.0 Å². The number of methoxy groups -OCH3 is 1. The second kappa shape index (κ2) is 5.63. The van der Waals surface area contributed by atoms with Gasteiger partial charge in [-0.05, 0) is 36.8 Å². The number of alkyl halides is 3. The Balaban J connectivity index is 2.25. The lowest BCUT2D eigenvalue weighted by molar-refractivity contribution is -0.142. The van der Waals surface area contributed by atoms with E-state index >= 15 is 0 Å². The molecule has 2 heterocycles. The van der Waals surface area contributed by atoms with Crippen LogP contribution in [0.15, 0.2) is 30.3 Å². The number of aromatic nitrogens is 3. The number of hydrogen-bond acceptors (Lipinski definition) is 4. The molecular formula is C16H12F3N3O2. The van der Waals surface area contributed by atoms with Crippen molar-refractivity contribution in [1.82, 2.24) is 14.6 Å². The van der Waals surface area contributed by atoms with Crippen molar-refractivity contribution in [2.24, 2.45) is 0 Å². The number of hydrogen-bond donors (Lipinski definition) is 0. The third-order valence-electron chi connectivity index (χ3n) is 3.55. The van der Waals surface area contributed by atoms with Gasteiger partial charge in [0, 0.05) is 11.6 Å². The molecule has 8 heteroatoms. The van der Waals surface area contributed by atoms with Crippen molar-refractivity contribution in [3.8, 4) is 17.0 Å². The van der Waals surface area contributed by atoms with Crippen molar-refractivity contribution in [2.75, 3.05) is 7.11 Å². The van der Waals surface area contributed by atoms with Gasteiger partial charge in [-0.15, -0.1) is 0 Å². The average Bonchev–Trinajstić information content (AvgIpc) is 2.95. The van der Waals surface area contributed by atoms with Gasteiger partial charge in [-0.3, -0.25) is 4.79 Å². The zero-order valence-corrected chi connectivity index (χ0v) is 12.8. The molecule has 3 rings (SSSR count). The van der Waals surface area contributed by atoms with E-state index in [4.69, 9.17) is 4.74 Å². The zero-order chi connectivity index (χ0) is 17.5. The second-order valence-electron chi connectivity index (χ2n) is 5.17. The molecule has 0 aliphatic heterocycles. The summed E-state index contributed by atoms with van der Waals surface area (Å²) in [5.41, 5.74) is 0.260. The third-order valence-corrected chi connectivity index (χ3v) is 3.55. The molecule has 0 radical (unpaired) electrons. The molecule has 0 saturated carbocycles. The Labute approximate surface area is 134 Å². The Kier molecular flexibility index (Phi) is 3.75. The smallest absolute Gasteiger partial charge is 0.433 e. The lowest BCUT2D eigenvalue weighted by Crippen LogP contribution is -2.13. The molecule has 0 spiro atoms. The summed E-state index contributed by atoms with van der Waals surface area (Å²) in [6.07, 6.45) is -4.25. The van der Waals surface area contributed by atoms with E-state index in [1.165, 1.54) is 13.2 Å². The number of aryl methyl sites for hydroxylation is 1. The van der Waals surface area contributed by atoms with Crippen LogP contribution in [0.1, 0.15) is 21.7 Å². The van der Waals surface area contributed by atoms with Gasteiger partial charge in [-0.1, -0.05) is 0 Å². The first-order valence-electron chi connectivity index (χ1n) is 6.91. The number of halogens is 3. The summed E-state index contributed by atoms with van der Waals surface area (Å²) < 4.78 is 45.8. The van der Waals surface area contributed by atoms with E-state index in [1.807, 2.05) is 0 Å². The van der Waals surface area contributed by atoms with Crippen LogP contribution in [0.3, 0.4) is 0 Å². The van der Waals surface area contributed by atoms with Crippen molar-refractivity contribution < 1.29 is 22.7 Å². The molecule has 0 fully saturated rings. The van der Waals surface area contributed by atoms with E-state index in [0.29, 0.717) is 22.1 Å². The summed E-state index contributed by atoms with van der Waals surface area (Å²) >= 11 is 0. The van der Waals surface area contributed by atoms with Crippen molar-refractivity contribution >= 4 is 11.9 Å². The van der Waals surface area contributed by atoms with E-state index in [9.17, 15) is 18.0 Å². The normalized spacial score (nSPS) is 11.7. The van der Waals surface area contributed by atoms with Crippen molar-refractivity contribution in [1.29, 1.82) is 0 Å². The SMILES string of the molecule is COc1ccc(-c2cc(C(F)(F)F)n3nc(C=O)cc3n2)cc1C. The molecule has 24 heavy (non-hydrogen) atoms. The van der Waals surface area contributed by atoms with Gasteiger partial charge >= 0.3 is 6.18 Å². The summed E-state index contributed by atoms with van der Waals surface area (Å²) in [5.74, 6) is 0.628. The highest BCUT2D eigenvalue weighted by Crippen LogP contribution is 2.33. The Morgan fingerprint density at radius 1 is 1.21 bits per heavy atom. The van der Waals surface area contributed by atoms with Gasteiger partial charge in [0.15, 0.2) is 17.6 Å². The van der Waals surface area contributed by atoms with Crippen LogP contribution in [0.5, 0.6) is 5.75 Å². The molecule has 0 saturated heterocycles. The van der Waals surface area contributed by atoms with Gasteiger partial charge in [-0.2, -0.15) is 18.3 Å². The molecule has 0 atom stereocenters. The molecule has 5 nitrogen and oxygen atoms in total. The predicted octanol–water partition coefficient (Wildman–Crippen LogP) is 3.54. The first kappa shape index (κ1) is 16.0. The number of ether oxygens (including phenoxy) is 1. The zero-order valence-electron chi connectivity index (χ0n) is 12.8. The van der Waals surface area contributed by atoms with E-state index in [1.54, 1.807) is 25.1 Å². The summed E-state index contributed by atoms with van der Waals surface area (Å²) in [6, 6.07) is 7.10. The number of aldehydes is 1. The minimum Gasteiger partial charge on any atom is -0.496 e. The van der Waals surface area contributed by atoms with Crippen LogP contribution >= 0.6 is 0 Å². The monoisotopic (exact) mass is 335 g/mol. The van der Waals surface area contributed by atoms with E-state index < -0.39 is 11.9 Å². The number of carbonyl (C=O) groups is 1. The summed E-state index contributed by atoms with van der Waals surface area (Å²) in [6.45, 7) is 1.79.